The molecular weight excluding hydrogens is 142 g/mol. The van der Waals surface area contributed by atoms with Crippen LogP contribution in [0.1, 0.15) is 25.7 Å². The van der Waals surface area contributed by atoms with E-state index in [2.05, 4.69) is 0 Å². The van der Waals surface area contributed by atoms with E-state index >= 15 is 0 Å². The summed E-state index contributed by atoms with van der Waals surface area (Å²) in [7, 11) is 0. The maximum atomic E-state index is 10.9. The zero-order valence-corrected chi connectivity index (χ0v) is 6.55. The lowest BCUT2D eigenvalue weighted by Crippen LogP contribution is -3.02. The summed E-state index contributed by atoms with van der Waals surface area (Å²) in [6.45, 7) is 1.03. The van der Waals surface area contributed by atoms with Gasteiger partial charge in [-0.1, -0.05) is 0 Å². The predicted octanol–water partition coefficient (Wildman–Crippen LogP) is -0.423. The first-order valence-corrected chi connectivity index (χ1v) is 4.31. The minimum absolute atomic E-state index is 0.422. The van der Waals surface area contributed by atoms with Crippen LogP contribution >= 0.6 is 0 Å². The fraction of sp³-hybridized carbons (Fsp3) is 0.875. The molecule has 62 valence electrons. The molecule has 0 aromatic rings. The molecule has 3 N–H and O–H groups in total. The van der Waals surface area contributed by atoms with Crippen molar-refractivity contribution in [1.29, 1.82) is 0 Å². The highest BCUT2D eigenvalue weighted by molar-refractivity contribution is 5.77. The third-order valence-electron chi connectivity index (χ3n) is 3.27. The van der Waals surface area contributed by atoms with Gasteiger partial charge in [-0.05, 0) is 12.8 Å². The molecular formula is C8H14NO2+. The van der Waals surface area contributed by atoms with E-state index in [1.807, 2.05) is 5.32 Å². The Balaban J connectivity index is 2.18. The minimum Gasteiger partial charge on any atom is -0.477 e. The number of carbonyl (C=O) groups is 1. The Bertz CT molecular complexity index is 169. The molecule has 2 bridgehead atoms. The number of fused-ring (bicyclic) bond motifs is 3. The van der Waals surface area contributed by atoms with Crippen molar-refractivity contribution in [2.45, 2.75) is 31.2 Å². The van der Waals surface area contributed by atoms with Crippen molar-refractivity contribution in [2.75, 3.05) is 6.54 Å². The number of quaternary nitrogens is 1. The molecule has 3 heteroatoms. The molecule has 3 nitrogen and oxygen atoms in total. The van der Waals surface area contributed by atoms with Crippen LogP contribution in [0.5, 0.6) is 0 Å². The Morgan fingerprint density at radius 2 is 2.09 bits per heavy atom. The smallest absolute Gasteiger partial charge is 0.365 e. The molecule has 2 aliphatic heterocycles. The van der Waals surface area contributed by atoms with Crippen LogP contribution in [0.3, 0.4) is 0 Å². The summed E-state index contributed by atoms with van der Waals surface area (Å²) in [5.41, 5.74) is -0.422. The summed E-state index contributed by atoms with van der Waals surface area (Å²) in [5.74, 6) is 0.201. The Labute approximate surface area is 65.8 Å². The van der Waals surface area contributed by atoms with Crippen molar-refractivity contribution in [3.8, 4) is 0 Å². The maximum absolute atomic E-state index is 10.9. The predicted molar refractivity (Wildman–Crippen MR) is 39.1 cm³/mol. The molecule has 0 spiro atoms. The number of hydrogen-bond acceptors (Lipinski definition) is 1. The van der Waals surface area contributed by atoms with Crippen LogP contribution in [0, 0.1) is 5.92 Å². The molecule has 11 heavy (non-hydrogen) atoms. The highest BCUT2D eigenvalue weighted by Crippen LogP contribution is 2.32. The Hall–Kier alpha value is -0.570. The summed E-state index contributed by atoms with van der Waals surface area (Å²) >= 11 is 0. The summed E-state index contributed by atoms with van der Waals surface area (Å²) in [5, 5.41) is 11.0. The fourth-order valence-electron chi connectivity index (χ4n) is 2.33. The molecule has 0 unspecified atom stereocenters. The van der Waals surface area contributed by atoms with Gasteiger partial charge in [-0.2, -0.15) is 0 Å². The number of carboxylic acids is 1. The van der Waals surface area contributed by atoms with Crippen molar-refractivity contribution < 1.29 is 15.2 Å². The normalized spacial score (nSPS) is 42.4. The first-order chi connectivity index (χ1) is 5.23. The zero-order valence-electron chi connectivity index (χ0n) is 6.55. The molecule has 2 heterocycles. The zero-order chi connectivity index (χ0) is 7.90. The van der Waals surface area contributed by atoms with Gasteiger partial charge in [-0.3, -0.25) is 0 Å². The second kappa shape index (κ2) is 2.21. The molecule has 2 saturated heterocycles. The number of carboxylic acid groups (broad SMARTS) is 1. The highest BCUT2D eigenvalue weighted by Gasteiger charge is 2.49. The topological polar surface area (TPSA) is 53.9 Å². The average Bonchev–Trinajstić information content (AvgIpc) is 2.08. The van der Waals surface area contributed by atoms with E-state index in [9.17, 15) is 4.79 Å². The van der Waals surface area contributed by atoms with Gasteiger partial charge in [0.2, 0.25) is 0 Å². The number of nitrogens with two attached hydrogens (primary N) is 1. The van der Waals surface area contributed by atoms with Crippen LogP contribution in [0.4, 0.5) is 0 Å². The molecule has 3 fully saturated rings. The van der Waals surface area contributed by atoms with Gasteiger partial charge in [0.15, 0.2) is 5.54 Å². The third kappa shape index (κ3) is 0.948. The van der Waals surface area contributed by atoms with Crippen molar-refractivity contribution in [3.63, 3.8) is 0 Å². The van der Waals surface area contributed by atoms with Crippen LogP contribution in [-0.4, -0.2) is 23.2 Å². The van der Waals surface area contributed by atoms with Crippen LogP contribution in [-0.2, 0) is 4.79 Å². The molecule has 1 saturated carbocycles. The molecule has 0 radical (unpaired) electrons. The van der Waals surface area contributed by atoms with E-state index in [1.54, 1.807) is 0 Å². The van der Waals surface area contributed by atoms with E-state index in [1.165, 1.54) is 0 Å². The quantitative estimate of drug-likeness (QED) is 0.541. The van der Waals surface area contributed by atoms with E-state index in [0.29, 0.717) is 0 Å². The van der Waals surface area contributed by atoms with Gasteiger partial charge < -0.3 is 10.4 Å². The molecule has 0 amide bonds. The van der Waals surface area contributed by atoms with Crippen LogP contribution in [0.2, 0.25) is 0 Å². The average molecular weight is 156 g/mol. The Kier molecular flexibility index (Phi) is 1.42. The maximum Gasteiger partial charge on any atom is 0.365 e. The van der Waals surface area contributed by atoms with Gasteiger partial charge in [-0.25, -0.2) is 4.79 Å². The third-order valence-corrected chi connectivity index (χ3v) is 3.27. The van der Waals surface area contributed by atoms with Gasteiger partial charge in [0, 0.05) is 18.8 Å². The lowest BCUT2D eigenvalue weighted by molar-refractivity contribution is -0.738. The second-order valence-electron chi connectivity index (χ2n) is 3.84. The molecule has 1 aliphatic carbocycles. The molecule has 0 aromatic heterocycles. The van der Waals surface area contributed by atoms with Crippen molar-refractivity contribution in [1.82, 2.24) is 0 Å². The van der Waals surface area contributed by atoms with Gasteiger partial charge in [0.1, 0.15) is 0 Å². The lowest BCUT2D eigenvalue weighted by Gasteiger charge is -2.40. The van der Waals surface area contributed by atoms with Crippen LogP contribution in [0.15, 0.2) is 0 Å². The first kappa shape index (κ1) is 7.10. The lowest BCUT2D eigenvalue weighted by atomic mass is 9.72. The van der Waals surface area contributed by atoms with Gasteiger partial charge in [0.25, 0.3) is 0 Å². The van der Waals surface area contributed by atoms with Crippen LogP contribution < -0.4 is 5.32 Å². The highest BCUT2D eigenvalue weighted by atomic mass is 16.4. The number of rotatable bonds is 1. The number of hydrogen-bond donors (Lipinski definition) is 2. The van der Waals surface area contributed by atoms with Crippen molar-refractivity contribution in [3.05, 3.63) is 0 Å². The second-order valence-corrected chi connectivity index (χ2v) is 3.84. The monoisotopic (exact) mass is 156 g/mol. The van der Waals surface area contributed by atoms with E-state index in [0.717, 1.165) is 38.1 Å². The number of piperidine rings is 2. The van der Waals surface area contributed by atoms with E-state index in [-0.39, 0.29) is 0 Å². The summed E-state index contributed by atoms with van der Waals surface area (Å²) in [6.07, 6.45) is 4.02. The summed E-state index contributed by atoms with van der Waals surface area (Å²) in [6, 6.07) is 0. The molecule has 3 rings (SSSR count). The van der Waals surface area contributed by atoms with Gasteiger partial charge in [0.05, 0.1) is 6.54 Å². The Morgan fingerprint density at radius 3 is 2.36 bits per heavy atom. The van der Waals surface area contributed by atoms with Crippen molar-refractivity contribution >= 4 is 5.97 Å². The summed E-state index contributed by atoms with van der Waals surface area (Å²) < 4.78 is 0. The van der Waals surface area contributed by atoms with E-state index in [4.69, 9.17) is 5.11 Å². The van der Waals surface area contributed by atoms with Crippen molar-refractivity contribution in [2.24, 2.45) is 5.92 Å². The minimum atomic E-state index is -0.601. The molecule has 0 atom stereocenters. The fourth-order valence-corrected chi connectivity index (χ4v) is 2.33. The summed E-state index contributed by atoms with van der Waals surface area (Å²) in [4.78, 5) is 10.9. The SMILES string of the molecule is O=C(O)C12CCC(CC1)C[NH2+]2. The van der Waals surface area contributed by atoms with E-state index < -0.39 is 11.5 Å². The van der Waals surface area contributed by atoms with Gasteiger partial charge in [-0.15, -0.1) is 0 Å². The molecule has 3 aliphatic rings. The van der Waals surface area contributed by atoms with Gasteiger partial charge >= 0.3 is 5.97 Å². The number of aliphatic carboxylic acids is 1. The van der Waals surface area contributed by atoms with Crippen LogP contribution in [0.25, 0.3) is 0 Å². The standard InChI is InChI=1S/C8H13NO2/c10-7(11)8-3-1-6(2-4-8)5-9-8/h6,9H,1-5H2,(H,10,11)/p+1. The first-order valence-electron chi connectivity index (χ1n) is 4.31. The largest absolute Gasteiger partial charge is 0.477 e. The Morgan fingerprint density at radius 1 is 1.45 bits per heavy atom. The molecule has 0 aromatic carbocycles.